The SMILES string of the molecule is CC(=O)N[C@@H](CCCCn1cc(COCCOCCOCCOCCOCCOCCOCCOCCNC(=O)CCCCC[C@H]2NC(=O)N[C@H]2C)nn1)C(=O)N[C@H](C=O)CC(C)C. The van der Waals surface area contributed by atoms with Crippen LogP contribution in [0, 0.1) is 5.92 Å². The average Bonchev–Trinajstić information content (AvgIpc) is 3.85. The Kier molecular flexibility index (Phi) is 32.9. The van der Waals surface area contributed by atoms with E-state index in [1.54, 1.807) is 4.68 Å². The summed E-state index contributed by atoms with van der Waals surface area (Å²) in [5.74, 6) is -0.385. The molecule has 0 aliphatic carbocycles. The van der Waals surface area contributed by atoms with Crippen molar-refractivity contribution >= 4 is 30.0 Å². The second-order valence-electron chi connectivity index (χ2n) is 15.9. The summed E-state index contributed by atoms with van der Waals surface area (Å²) in [4.78, 5) is 59.0. The van der Waals surface area contributed by atoms with Gasteiger partial charge in [0.25, 0.3) is 0 Å². The highest BCUT2D eigenvalue weighted by atomic mass is 16.6. The number of hydrogen-bond donors (Lipinski definition) is 5. The molecule has 0 radical (unpaired) electrons. The van der Waals surface area contributed by atoms with Gasteiger partial charge in [-0.05, 0) is 51.4 Å². The van der Waals surface area contributed by atoms with Crippen LogP contribution < -0.4 is 26.6 Å². The van der Waals surface area contributed by atoms with Gasteiger partial charge >= 0.3 is 6.03 Å². The molecule has 5 N–H and O–H groups in total. The summed E-state index contributed by atoms with van der Waals surface area (Å²) in [5, 5.41) is 22.3. The maximum absolute atomic E-state index is 12.7. The topological polar surface area (TPSA) is 250 Å². The Labute approximate surface area is 379 Å². The number of amides is 5. The molecule has 1 fully saturated rings. The number of hydrogen-bond acceptors (Lipinski definition) is 15. The zero-order valence-electron chi connectivity index (χ0n) is 38.8. The third-order valence-electron chi connectivity index (χ3n) is 9.75. The second kappa shape index (κ2) is 37.4. The van der Waals surface area contributed by atoms with Gasteiger partial charge in [-0.2, -0.15) is 0 Å². The highest BCUT2D eigenvalue weighted by molar-refractivity contribution is 5.88. The van der Waals surface area contributed by atoms with Crippen molar-refractivity contribution in [2.75, 3.05) is 106 Å². The Hall–Kier alpha value is -3.83. The Morgan fingerprint density at radius 3 is 1.83 bits per heavy atom. The molecular formula is C43H78N8O13. The first kappa shape index (κ1) is 56.3. The van der Waals surface area contributed by atoms with E-state index in [0.717, 1.165) is 38.4 Å². The first-order valence-electron chi connectivity index (χ1n) is 22.9. The Balaban J connectivity index is 1.27. The molecule has 1 saturated heterocycles. The average molecular weight is 915 g/mol. The van der Waals surface area contributed by atoms with Crippen LogP contribution in [0.5, 0.6) is 0 Å². The first-order valence-corrected chi connectivity index (χ1v) is 22.9. The molecule has 1 aromatic rings. The lowest BCUT2D eigenvalue weighted by Crippen LogP contribution is -2.49. The summed E-state index contributed by atoms with van der Waals surface area (Å²) in [7, 11) is 0. The molecule has 64 heavy (non-hydrogen) atoms. The number of aromatic nitrogens is 3. The van der Waals surface area contributed by atoms with Crippen LogP contribution in [0.1, 0.15) is 91.2 Å². The largest absolute Gasteiger partial charge is 0.377 e. The zero-order chi connectivity index (χ0) is 46.5. The van der Waals surface area contributed by atoms with E-state index in [4.69, 9.17) is 37.9 Å². The van der Waals surface area contributed by atoms with Gasteiger partial charge in [0.15, 0.2) is 0 Å². The fourth-order valence-electron chi connectivity index (χ4n) is 6.45. The second-order valence-corrected chi connectivity index (χ2v) is 15.9. The number of aldehydes is 1. The van der Waals surface area contributed by atoms with Crippen molar-refractivity contribution in [1.82, 2.24) is 41.6 Å². The van der Waals surface area contributed by atoms with E-state index in [0.29, 0.717) is 150 Å². The van der Waals surface area contributed by atoms with E-state index in [9.17, 15) is 24.0 Å². The number of nitrogens with one attached hydrogen (secondary N) is 5. The van der Waals surface area contributed by atoms with Crippen LogP contribution in [0.15, 0.2) is 6.20 Å². The van der Waals surface area contributed by atoms with Crippen LogP contribution in [-0.2, 0) is 70.2 Å². The van der Waals surface area contributed by atoms with Gasteiger partial charge in [-0.15, -0.1) is 5.10 Å². The third kappa shape index (κ3) is 30.3. The molecule has 0 bridgehead atoms. The number of aryl methyl sites for hydroxylation is 1. The predicted molar refractivity (Wildman–Crippen MR) is 235 cm³/mol. The van der Waals surface area contributed by atoms with E-state index in [2.05, 4.69) is 36.9 Å². The van der Waals surface area contributed by atoms with E-state index in [1.807, 2.05) is 27.0 Å². The molecule has 5 amide bonds. The number of carbonyl (C=O) groups is 5. The van der Waals surface area contributed by atoms with Crippen molar-refractivity contribution in [1.29, 1.82) is 0 Å². The summed E-state index contributed by atoms with van der Waals surface area (Å²) < 4.78 is 46.0. The number of carbonyl (C=O) groups excluding carboxylic acids is 5. The predicted octanol–water partition coefficient (Wildman–Crippen LogP) is 1.45. The van der Waals surface area contributed by atoms with Gasteiger partial charge in [0.2, 0.25) is 17.7 Å². The molecule has 4 atom stereocenters. The lowest BCUT2D eigenvalue weighted by Gasteiger charge is -2.21. The molecular weight excluding hydrogens is 837 g/mol. The molecule has 0 saturated carbocycles. The molecule has 0 unspecified atom stereocenters. The number of urea groups is 1. The number of rotatable bonds is 43. The Morgan fingerprint density at radius 2 is 1.31 bits per heavy atom. The van der Waals surface area contributed by atoms with Gasteiger partial charge in [0, 0.05) is 32.5 Å². The van der Waals surface area contributed by atoms with Gasteiger partial charge in [-0.3, -0.25) is 19.1 Å². The number of ether oxygens (including phenoxy) is 8. The molecule has 1 aromatic heterocycles. The normalized spacial score (nSPS) is 15.7. The highest BCUT2D eigenvalue weighted by Crippen LogP contribution is 2.12. The molecule has 21 nitrogen and oxygen atoms in total. The van der Waals surface area contributed by atoms with Gasteiger partial charge in [-0.1, -0.05) is 31.9 Å². The maximum atomic E-state index is 12.7. The molecule has 0 aromatic carbocycles. The van der Waals surface area contributed by atoms with Crippen LogP contribution in [0.25, 0.3) is 0 Å². The lowest BCUT2D eigenvalue weighted by molar-refractivity contribution is -0.129. The summed E-state index contributed by atoms with van der Waals surface area (Å²) in [5.41, 5.74) is 0.695. The van der Waals surface area contributed by atoms with Gasteiger partial charge in [0.05, 0.1) is 124 Å². The monoisotopic (exact) mass is 915 g/mol. The quantitative estimate of drug-likeness (QED) is 0.0460. The standard InChI is InChI=1S/C43H78N8O13/c1-34(2)30-37(32-52)47-42(55)40(46-36(4)53)11-8-9-14-51-31-38(49-50-51)33-64-29-28-63-27-26-62-25-24-61-23-22-60-21-20-59-19-18-58-17-16-57-15-13-44-41(54)12-7-5-6-10-39-35(3)45-43(56)48-39/h31-32,34-35,37,39-40H,5-30,33H2,1-4H3,(H,44,54)(H,46,53)(H,47,55)(H2,45,48,56)/t35-,37-,39+,40-/m0/s1. The Bertz CT molecular complexity index is 1390. The van der Waals surface area contributed by atoms with Crippen LogP contribution >= 0.6 is 0 Å². The van der Waals surface area contributed by atoms with Gasteiger partial charge < -0.3 is 69.3 Å². The van der Waals surface area contributed by atoms with Crippen molar-refractivity contribution in [2.24, 2.45) is 5.92 Å². The molecule has 2 heterocycles. The van der Waals surface area contributed by atoms with E-state index in [-0.39, 0.29) is 41.8 Å². The maximum Gasteiger partial charge on any atom is 0.315 e. The summed E-state index contributed by atoms with van der Waals surface area (Å²) in [6.07, 6.45) is 9.07. The van der Waals surface area contributed by atoms with Gasteiger partial charge in [-0.25, -0.2) is 4.79 Å². The van der Waals surface area contributed by atoms with Crippen molar-refractivity contribution in [3.8, 4) is 0 Å². The smallest absolute Gasteiger partial charge is 0.315 e. The van der Waals surface area contributed by atoms with Crippen LogP contribution in [0.4, 0.5) is 4.79 Å². The van der Waals surface area contributed by atoms with Crippen molar-refractivity contribution in [2.45, 2.75) is 123 Å². The van der Waals surface area contributed by atoms with Crippen molar-refractivity contribution in [3.05, 3.63) is 11.9 Å². The summed E-state index contributed by atoms with van der Waals surface area (Å²) in [6.45, 7) is 15.4. The summed E-state index contributed by atoms with van der Waals surface area (Å²) in [6, 6.07) is -1.07. The van der Waals surface area contributed by atoms with Crippen LogP contribution in [0.3, 0.4) is 0 Å². The third-order valence-corrected chi connectivity index (χ3v) is 9.75. The van der Waals surface area contributed by atoms with E-state index in [1.165, 1.54) is 6.92 Å². The van der Waals surface area contributed by atoms with Crippen LogP contribution in [-0.4, -0.2) is 175 Å². The zero-order valence-corrected chi connectivity index (χ0v) is 38.8. The Morgan fingerprint density at radius 1 is 0.750 bits per heavy atom. The summed E-state index contributed by atoms with van der Waals surface area (Å²) >= 11 is 0. The molecule has 2 rings (SSSR count). The fourth-order valence-corrected chi connectivity index (χ4v) is 6.45. The van der Waals surface area contributed by atoms with E-state index >= 15 is 0 Å². The molecule has 1 aliphatic heterocycles. The molecule has 0 spiro atoms. The number of unbranched alkanes of at least 4 members (excludes halogenated alkanes) is 3. The minimum atomic E-state index is -0.709. The minimum absolute atomic E-state index is 0.0259. The lowest BCUT2D eigenvalue weighted by atomic mass is 10.0. The fraction of sp³-hybridized carbons (Fsp3) is 0.837. The highest BCUT2D eigenvalue weighted by Gasteiger charge is 2.27. The molecule has 368 valence electrons. The van der Waals surface area contributed by atoms with Gasteiger partial charge in [0.1, 0.15) is 18.0 Å². The van der Waals surface area contributed by atoms with E-state index < -0.39 is 12.1 Å². The molecule has 1 aliphatic rings. The van der Waals surface area contributed by atoms with Crippen molar-refractivity contribution in [3.63, 3.8) is 0 Å². The van der Waals surface area contributed by atoms with Crippen LogP contribution in [0.2, 0.25) is 0 Å². The minimum Gasteiger partial charge on any atom is -0.377 e. The number of nitrogens with zero attached hydrogens (tertiary/aromatic N) is 3. The first-order chi connectivity index (χ1) is 31.1. The molecule has 21 heteroatoms. The van der Waals surface area contributed by atoms with Crippen molar-refractivity contribution < 1.29 is 61.9 Å².